The largest absolute Gasteiger partial charge is 0.396 e. The molecule has 1 N–H and O–H groups in total. The molecular formula is C20H19BrN4O. The Labute approximate surface area is 160 Å². The van der Waals surface area contributed by atoms with Crippen LogP contribution < -0.4 is 0 Å². The van der Waals surface area contributed by atoms with E-state index in [0.29, 0.717) is 18.8 Å². The molecule has 3 aromatic rings. The Morgan fingerprint density at radius 3 is 2.58 bits per heavy atom. The Bertz CT molecular complexity index is 919. The van der Waals surface area contributed by atoms with Gasteiger partial charge in [-0.25, -0.2) is 9.67 Å². The van der Waals surface area contributed by atoms with Crippen molar-refractivity contribution in [3.05, 3.63) is 76.0 Å². The third-order valence-electron chi connectivity index (χ3n) is 4.49. The normalized spacial score (nSPS) is 16.2. The summed E-state index contributed by atoms with van der Waals surface area (Å²) in [4.78, 5) is 9.38. The molecule has 0 bridgehead atoms. The lowest BCUT2D eigenvalue weighted by molar-refractivity contribution is 0.287. The molecule has 1 aliphatic heterocycles. The fourth-order valence-corrected chi connectivity index (χ4v) is 3.45. The predicted molar refractivity (Wildman–Crippen MR) is 105 cm³/mol. The molecule has 0 spiro atoms. The summed E-state index contributed by atoms with van der Waals surface area (Å²) in [7, 11) is 0. The van der Waals surface area contributed by atoms with Gasteiger partial charge in [0.1, 0.15) is 0 Å². The van der Waals surface area contributed by atoms with Crippen LogP contribution in [-0.2, 0) is 6.42 Å². The van der Waals surface area contributed by atoms with Gasteiger partial charge in [0.25, 0.3) is 0 Å². The minimum atomic E-state index is 0.0673. The van der Waals surface area contributed by atoms with Crippen molar-refractivity contribution in [2.45, 2.75) is 25.3 Å². The highest BCUT2D eigenvalue weighted by molar-refractivity contribution is 9.10. The summed E-state index contributed by atoms with van der Waals surface area (Å²) in [6.07, 6.45) is 2.07. The monoisotopic (exact) mass is 410 g/mol. The van der Waals surface area contributed by atoms with Crippen LogP contribution >= 0.6 is 15.9 Å². The Hall–Kier alpha value is -2.31. The molecule has 0 amide bonds. The molecule has 132 valence electrons. The van der Waals surface area contributed by atoms with Crippen LogP contribution in [0.5, 0.6) is 0 Å². The first kappa shape index (κ1) is 17.1. The second-order valence-electron chi connectivity index (χ2n) is 6.30. The van der Waals surface area contributed by atoms with Crippen LogP contribution in [0.15, 0.2) is 64.1 Å². The zero-order chi connectivity index (χ0) is 17.9. The number of halogens is 1. The number of fused-ring (bicyclic) bond motifs is 1. The molecule has 2 aromatic carbocycles. The number of aliphatic imine (C=N–C) groups is 1. The molecule has 1 aromatic heterocycles. The second-order valence-corrected chi connectivity index (χ2v) is 7.21. The van der Waals surface area contributed by atoms with Crippen molar-refractivity contribution < 1.29 is 5.11 Å². The predicted octanol–water partition coefficient (Wildman–Crippen LogP) is 4.08. The van der Waals surface area contributed by atoms with Crippen LogP contribution in [0, 0.1) is 0 Å². The summed E-state index contributed by atoms with van der Waals surface area (Å²) in [6.45, 7) is 0.138. The van der Waals surface area contributed by atoms with Crippen molar-refractivity contribution >= 4 is 27.6 Å². The number of rotatable bonds is 5. The van der Waals surface area contributed by atoms with Crippen molar-refractivity contribution in [1.29, 1.82) is 0 Å². The summed E-state index contributed by atoms with van der Waals surface area (Å²) in [6, 6.07) is 18.6. The van der Waals surface area contributed by atoms with E-state index in [1.54, 1.807) is 0 Å². The van der Waals surface area contributed by atoms with Gasteiger partial charge in [-0.15, -0.1) is 0 Å². The summed E-state index contributed by atoms with van der Waals surface area (Å²) >= 11 is 3.48. The lowest BCUT2D eigenvalue weighted by Crippen LogP contribution is -2.21. The molecular weight excluding hydrogens is 392 g/mol. The third kappa shape index (κ3) is 3.48. The molecule has 0 radical (unpaired) electrons. The molecule has 1 aliphatic rings. The lowest BCUT2D eigenvalue weighted by Gasteiger charge is -2.23. The van der Waals surface area contributed by atoms with Gasteiger partial charge in [0, 0.05) is 23.9 Å². The van der Waals surface area contributed by atoms with Crippen LogP contribution in [0.2, 0.25) is 0 Å². The Balaban J connectivity index is 1.76. The molecule has 0 saturated heterocycles. The number of aryl methyl sites for hydroxylation is 1. The highest BCUT2D eigenvalue weighted by atomic mass is 79.9. The number of aromatic nitrogens is 3. The van der Waals surface area contributed by atoms with Gasteiger partial charge in [-0.05, 0) is 29.7 Å². The van der Waals surface area contributed by atoms with Gasteiger partial charge >= 0.3 is 0 Å². The van der Waals surface area contributed by atoms with E-state index in [0.717, 1.165) is 28.0 Å². The van der Waals surface area contributed by atoms with Gasteiger partial charge in [0.15, 0.2) is 5.82 Å². The van der Waals surface area contributed by atoms with E-state index in [1.807, 2.05) is 35.0 Å². The summed E-state index contributed by atoms with van der Waals surface area (Å²) in [5, 5.41) is 13.7. The van der Waals surface area contributed by atoms with Crippen molar-refractivity contribution in [3.8, 4) is 0 Å². The Morgan fingerprint density at radius 2 is 1.85 bits per heavy atom. The fraction of sp³-hybridized carbons (Fsp3) is 0.250. The zero-order valence-corrected chi connectivity index (χ0v) is 15.8. The fourth-order valence-electron chi connectivity index (χ4n) is 3.18. The summed E-state index contributed by atoms with van der Waals surface area (Å²) < 4.78 is 2.97. The van der Waals surface area contributed by atoms with Crippen molar-refractivity contribution in [3.63, 3.8) is 0 Å². The molecule has 0 fully saturated rings. The molecule has 0 aliphatic carbocycles. The molecule has 6 heteroatoms. The summed E-state index contributed by atoms with van der Waals surface area (Å²) in [5.74, 6) is 1.37. The molecule has 2 heterocycles. The van der Waals surface area contributed by atoms with Crippen LogP contribution in [0.1, 0.15) is 35.8 Å². The van der Waals surface area contributed by atoms with Gasteiger partial charge in [0.2, 0.25) is 5.95 Å². The average molecular weight is 411 g/mol. The maximum atomic E-state index is 9.08. The second kappa shape index (κ2) is 7.51. The maximum absolute atomic E-state index is 9.08. The Kier molecular flexibility index (Phi) is 4.95. The molecule has 1 unspecified atom stereocenters. The lowest BCUT2D eigenvalue weighted by atomic mass is 9.96. The minimum absolute atomic E-state index is 0.0673. The van der Waals surface area contributed by atoms with Gasteiger partial charge in [-0.1, -0.05) is 58.4 Å². The number of hydrogen-bond donors (Lipinski definition) is 1. The summed E-state index contributed by atoms with van der Waals surface area (Å²) in [5.41, 5.74) is 3.30. The third-order valence-corrected chi connectivity index (χ3v) is 5.02. The van der Waals surface area contributed by atoms with E-state index >= 15 is 0 Å². The van der Waals surface area contributed by atoms with Crippen LogP contribution in [-0.4, -0.2) is 32.2 Å². The maximum Gasteiger partial charge on any atom is 0.248 e. The molecule has 26 heavy (non-hydrogen) atoms. The number of nitrogens with zero attached hydrogens (tertiary/aromatic N) is 4. The van der Waals surface area contributed by atoms with E-state index in [1.165, 1.54) is 5.56 Å². The first-order valence-electron chi connectivity index (χ1n) is 8.69. The first-order valence-corrected chi connectivity index (χ1v) is 9.48. The van der Waals surface area contributed by atoms with E-state index in [9.17, 15) is 0 Å². The van der Waals surface area contributed by atoms with Crippen molar-refractivity contribution in [1.82, 2.24) is 14.8 Å². The number of aliphatic hydroxyl groups is 1. The quantitative estimate of drug-likeness (QED) is 0.688. The topological polar surface area (TPSA) is 63.3 Å². The van der Waals surface area contributed by atoms with Gasteiger partial charge in [0.05, 0.1) is 11.8 Å². The van der Waals surface area contributed by atoms with Crippen LogP contribution in [0.4, 0.5) is 5.95 Å². The molecule has 4 rings (SSSR count). The van der Waals surface area contributed by atoms with Gasteiger partial charge in [-0.2, -0.15) is 10.1 Å². The van der Waals surface area contributed by atoms with Gasteiger partial charge < -0.3 is 5.11 Å². The molecule has 1 atom stereocenters. The van der Waals surface area contributed by atoms with Gasteiger partial charge in [-0.3, -0.25) is 0 Å². The van der Waals surface area contributed by atoms with Crippen LogP contribution in [0.25, 0.3) is 0 Å². The van der Waals surface area contributed by atoms with Crippen molar-refractivity contribution in [2.24, 2.45) is 4.99 Å². The Morgan fingerprint density at radius 1 is 1.08 bits per heavy atom. The zero-order valence-electron chi connectivity index (χ0n) is 14.2. The van der Waals surface area contributed by atoms with Crippen molar-refractivity contribution in [2.75, 3.05) is 6.61 Å². The van der Waals surface area contributed by atoms with E-state index < -0.39 is 0 Å². The average Bonchev–Trinajstić information content (AvgIpc) is 3.09. The highest BCUT2D eigenvalue weighted by Crippen LogP contribution is 2.33. The van der Waals surface area contributed by atoms with E-state index in [2.05, 4.69) is 50.3 Å². The molecule has 5 nitrogen and oxygen atoms in total. The standard InChI is InChI=1S/C20H19BrN4O/c21-16-10-8-14(9-11-16)17-13-18(15-5-2-1-3-6-15)25-20(22-17)23-19(24-25)7-4-12-26/h1-3,5-6,8-11,18,26H,4,7,12-13H2. The minimum Gasteiger partial charge on any atom is -0.396 e. The number of aliphatic hydroxyl groups excluding tert-OH is 1. The highest BCUT2D eigenvalue weighted by Gasteiger charge is 2.27. The first-order chi connectivity index (χ1) is 12.7. The number of benzene rings is 2. The van der Waals surface area contributed by atoms with Crippen LogP contribution in [0.3, 0.4) is 0 Å². The molecule has 0 saturated carbocycles. The smallest absolute Gasteiger partial charge is 0.248 e. The van der Waals surface area contributed by atoms with E-state index in [-0.39, 0.29) is 12.6 Å². The number of hydrogen-bond acceptors (Lipinski definition) is 4. The SMILES string of the molecule is OCCCc1nc2n(n1)C(c1ccccc1)CC(c1ccc(Br)cc1)=N2. The van der Waals surface area contributed by atoms with E-state index in [4.69, 9.17) is 10.1 Å².